The van der Waals surface area contributed by atoms with Gasteiger partial charge < -0.3 is 20.3 Å². The molecule has 0 aliphatic rings. The Kier molecular flexibility index (Phi) is 7.53. The third-order valence-corrected chi connectivity index (χ3v) is 2.55. The number of benzene rings is 1. The summed E-state index contributed by atoms with van der Waals surface area (Å²) < 4.78 is 42.3. The fraction of sp³-hybridized carbons (Fsp3) is 0.538. The van der Waals surface area contributed by atoms with E-state index in [4.69, 9.17) is 9.84 Å². The molecule has 0 saturated carbocycles. The molecule has 0 radical (unpaired) electrons. The largest absolute Gasteiger partial charge is 0.389 e. The van der Waals surface area contributed by atoms with Gasteiger partial charge in [0.1, 0.15) is 11.9 Å². The molecule has 114 valence electrons. The van der Waals surface area contributed by atoms with E-state index in [1.165, 1.54) is 6.07 Å². The SMILES string of the molecule is OC(CNCC(O)C(F)F)COCc1ccccc1F. The maximum absolute atomic E-state index is 13.2. The third kappa shape index (κ3) is 6.33. The van der Waals surface area contributed by atoms with Gasteiger partial charge in [0.25, 0.3) is 6.43 Å². The second-order valence-electron chi connectivity index (χ2n) is 4.32. The van der Waals surface area contributed by atoms with Gasteiger partial charge in [-0.2, -0.15) is 0 Å². The number of alkyl halides is 2. The van der Waals surface area contributed by atoms with E-state index in [-0.39, 0.29) is 32.1 Å². The molecule has 0 aromatic heterocycles. The van der Waals surface area contributed by atoms with E-state index in [1.54, 1.807) is 18.2 Å². The smallest absolute Gasteiger partial charge is 0.265 e. The lowest BCUT2D eigenvalue weighted by Crippen LogP contribution is -2.37. The van der Waals surface area contributed by atoms with Gasteiger partial charge in [0, 0.05) is 18.7 Å². The molecular formula is C13H18F3NO3. The van der Waals surface area contributed by atoms with Crippen molar-refractivity contribution in [3.8, 4) is 0 Å². The molecule has 0 bridgehead atoms. The first-order chi connectivity index (χ1) is 9.50. The summed E-state index contributed by atoms with van der Waals surface area (Å²) in [4.78, 5) is 0. The van der Waals surface area contributed by atoms with Gasteiger partial charge in [-0.15, -0.1) is 0 Å². The Hall–Kier alpha value is -1.15. The lowest BCUT2D eigenvalue weighted by Gasteiger charge is -2.14. The molecule has 1 rings (SSSR count). The molecule has 0 fully saturated rings. The van der Waals surface area contributed by atoms with Crippen LogP contribution in [-0.2, 0) is 11.3 Å². The Morgan fingerprint density at radius 3 is 2.50 bits per heavy atom. The first-order valence-corrected chi connectivity index (χ1v) is 6.17. The van der Waals surface area contributed by atoms with Gasteiger partial charge in [-0.1, -0.05) is 18.2 Å². The van der Waals surface area contributed by atoms with Crippen LogP contribution in [0.3, 0.4) is 0 Å². The van der Waals surface area contributed by atoms with Crippen molar-refractivity contribution in [2.45, 2.75) is 25.2 Å². The van der Waals surface area contributed by atoms with Crippen molar-refractivity contribution >= 4 is 0 Å². The summed E-state index contributed by atoms with van der Waals surface area (Å²) in [6, 6.07) is 6.11. The first-order valence-electron chi connectivity index (χ1n) is 6.17. The number of hydrogen-bond acceptors (Lipinski definition) is 4. The fourth-order valence-corrected chi connectivity index (χ4v) is 1.47. The number of aliphatic hydroxyl groups is 2. The topological polar surface area (TPSA) is 61.7 Å². The highest BCUT2D eigenvalue weighted by Crippen LogP contribution is 2.07. The minimum Gasteiger partial charge on any atom is -0.389 e. The van der Waals surface area contributed by atoms with Gasteiger partial charge in [-0.25, -0.2) is 13.2 Å². The minimum absolute atomic E-state index is 0.00104. The Bertz CT molecular complexity index is 393. The van der Waals surface area contributed by atoms with Crippen LogP contribution in [0, 0.1) is 5.82 Å². The van der Waals surface area contributed by atoms with Gasteiger partial charge in [-0.05, 0) is 6.07 Å². The van der Waals surface area contributed by atoms with Crippen molar-refractivity contribution in [2.75, 3.05) is 19.7 Å². The van der Waals surface area contributed by atoms with Gasteiger partial charge in [0.15, 0.2) is 0 Å². The quantitative estimate of drug-likeness (QED) is 0.633. The lowest BCUT2D eigenvalue weighted by molar-refractivity contribution is -0.00822. The molecular weight excluding hydrogens is 275 g/mol. The summed E-state index contributed by atoms with van der Waals surface area (Å²) in [6.45, 7) is -0.363. The van der Waals surface area contributed by atoms with E-state index in [2.05, 4.69) is 5.32 Å². The molecule has 0 saturated heterocycles. The normalized spacial score (nSPS) is 14.5. The van der Waals surface area contributed by atoms with Crippen LogP contribution in [0.4, 0.5) is 13.2 Å². The molecule has 2 unspecified atom stereocenters. The summed E-state index contributed by atoms with van der Waals surface area (Å²) in [6.07, 6.45) is -5.51. The van der Waals surface area contributed by atoms with E-state index in [1.807, 2.05) is 0 Å². The predicted molar refractivity (Wildman–Crippen MR) is 66.9 cm³/mol. The van der Waals surface area contributed by atoms with E-state index in [9.17, 15) is 18.3 Å². The molecule has 0 amide bonds. The van der Waals surface area contributed by atoms with Gasteiger partial charge in [0.2, 0.25) is 0 Å². The molecule has 1 aromatic carbocycles. The molecule has 20 heavy (non-hydrogen) atoms. The second-order valence-corrected chi connectivity index (χ2v) is 4.32. The minimum atomic E-state index is -2.82. The standard InChI is InChI=1S/C13H18F3NO3/c14-11-4-2-1-3-9(11)7-20-8-10(18)5-17-6-12(19)13(15)16/h1-4,10,12-13,17-19H,5-8H2. The van der Waals surface area contributed by atoms with E-state index in [0.29, 0.717) is 5.56 Å². The van der Waals surface area contributed by atoms with Crippen LogP contribution in [0.1, 0.15) is 5.56 Å². The molecule has 7 heteroatoms. The van der Waals surface area contributed by atoms with Crippen molar-refractivity contribution in [3.05, 3.63) is 35.6 Å². The average molecular weight is 293 g/mol. The molecule has 0 spiro atoms. The highest BCUT2D eigenvalue weighted by atomic mass is 19.3. The molecule has 4 nitrogen and oxygen atoms in total. The molecule has 0 aliphatic heterocycles. The molecule has 1 aromatic rings. The van der Waals surface area contributed by atoms with Crippen LogP contribution in [0.5, 0.6) is 0 Å². The van der Waals surface area contributed by atoms with Crippen molar-refractivity contribution in [3.63, 3.8) is 0 Å². The summed E-state index contributed by atoms with van der Waals surface area (Å²) in [7, 11) is 0. The third-order valence-electron chi connectivity index (χ3n) is 2.55. The number of ether oxygens (including phenoxy) is 1. The highest BCUT2D eigenvalue weighted by molar-refractivity contribution is 5.16. The van der Waals surface area contributed by atoms with Gasteiger partial charge >= 0.3 is 0 Å². The number of halogens is 3. The highest BCUT2D eigenvalue weighted by Gasteiger charge is 2.16. The lowest BCUT2D eigenvalue weighted by atomic mass is 10.2. The Morgan fingerprint density at radius 2 is 1.85 bits per heavy atom. The predicted octanol–water partition coefficient (Wildman–Crippen LogP) is 0.919. The number of rotatable bonds is 9. The van der Waals surface area contributed by atoms with E-state index >= 15 is 0 Å². The molecule has 0 heterocycles. The Morgan fingerprint density at radius 1 is 1.15 bits per heavy atom. The van der Waals surface area contributed by atoms with Gasteiger partial charge in [-0.3, -0.25) is 0 Å². The zero-order chi connectivity index (χ0) is 15.0. The van der Waals surface area contributed by atoms with E-state index < -0.39 is 18.6 Å². The molecule has 2 atom stereocenters. The van der Waals surface area contributed by atoms with E-state index in [0.717, 1.165) is 0 Å². The van der Waals surface area contributed by atoms with Crippen LogP contribution in [0.2, 0.25) is 0 Å². The summed E-state index contributed by atoms with van der Waals surface area (Å²) in [5, 5.41) is 20.8. The zero-order valence-corrected chi connectivity index (χ0v) is 10.8. The number of aliphatic hydroxyl groups excluding tert-OH is 2. The fourth-order valence-electron chi connectivity index (χ4n) is 1.47. The van der Waals surface area contributed by atoms with Crippen LogP contribution < -0.4 is 5.32 Å². The second kappa shape index (κ2) is 8.91. The van der Waals surface area contributed by atoms with Crippen LogP contribution >= 0.6 is 0 Å². The van der Waals surface area contributed by atoms with Crippen molar-refractivity contribution in [1.82, 2.24) is 5.32 Å². The average Bonchev–Trinajstić information content (AvgIpc) is 2.40. The summed E-state index contributed by atoms with van der Waals surface area (Å²) in [5.41, 5.74) is 0.376. The van der Waals surface area contributed by atoms with Crippen LogP contribution in [-0.4, -0.2) is 48.5 Å². The Labute approximate surface area is 115 Å². The first kappa shape index (κ1) is 16.9. The maximum Gasteiger partial charge on any atom is 0.265 e. The number of hydrogen-bond donors (Lipinski definition) is 3. The maximum atomic E-state index is 13.2. The van der Waals surface area contributed by atoms with Crippen molar-refractivity contribution in [1.29, 1.82) is 0 Å². The van der Waals surface area contributed by atoms with Crippen molar-refractivity contribution in [2.24, 2.45) is 0 Å². The zero-order valence-electron chi connectivity index (χ0n) is 10.8. The van der Waals surface area contributed by atoms with Crippen LogP contribution in [0.25, 0.3) is 0 Å². The summed E-state index contributed by atoms with van der Waals surface area (Å²) in [5.74, 6) is -0.389. The van der Waals surface area contributed by atoms with Crippen LogP contribution in [0.15, 0.2) is 24.3 Å². The molecule has 3 N–H and O–H groups in total. The monoisotopic (exact) mass is 293 g/mol. The van der Waals surface area contributed by atoms with Crippen molar-refractivity contribution < 1.29 is 28.1 Å². The summed E-state index contributed by atoms with van der Waals surface area (Å²) >= 11 is 0. The van der Waals surface area contributed by atoms with Gasteiger partial charge in [0.05, 0.1) is 19.3 Å². The number of nitrogens with one attached hydrogen (secondary N) is 1. The molecule has 0 aliphatic carbocycles. The Balaban J connectivity index is 2.14.